The van der Waals surface area contributed by atoms with Crippen molar-refractivity contribution in [3.05, 3.63) is 0 Å². The fraction of sp³-hybridized carbons (Fsp3) is 1.00. The average molecular weight is 227 g/mol. The molecule has 0 amide bonds. The van der Waals surface area contributed by atoms with Gasteiger partial charge in [0.05, 0.1) is 27.7 Å². The number of halogens is 1. The molecule has 0 aliphatic rings. The first-order chi connectivity index (χ1) is 6.33. The summed E-state index contributed by atoms with van der Waals surface area (Å²) in [5, 5.41) is 8.67. The molecule has 0 fully saturated rings. The molecule has 0 radical (unpaired) electrons. The van der Waals surface area contributed by atoms with Crippen LogP contribution in [0.5, 0.6) is 0 Å². The van der Waals surface area contributed by atoms with E-state index in [1.54, 1.807) is 0 Å². The monoisotopic (exact) mass is 226 g/mol. The lowest BCUT2D eigenvalue weighted by atomic mass is 10.4. The van der Waals surface area contributed by atoms with Gasteiger partial charge in [0.15, 0.2) is 0 Å². The molecule has 1 unspecified atom stereocenters. The second-order valence-corrected chi connectivity index (χ2v) is 4.52. The van der Waals surface area contributed by atoms with Gasteiger partial charge in [-0.15, -0.1) is 0 Å². The topological polar surface area (TPSA) is 29.5 Å². The number of nitrogens with zero attached hydrogens (tertiary/aromatic N) is 1. The van der Waals surface area contributed by atoms with Gasteiger partial charge in [-0.2, -0.15) is 0 Å². The van der Waals surface area contributed by atoms with E-state index in [2.05, 4.69) is 21.1 Å². The minimum absolute atomic E-state index is 0.658. The minimum Gasteiger partial charge on any atom is -0.382 e. The Morgan fingerprint density at radius 3 is 1.71 bits per heavy atom. The van der Waals surface area contributed by atoms with E-state index in [1.807, 2.05) is 13.8 Å². The van der Waals surface area contributed by atoms with Crippen LogP contribution in [0.3, 0.4) is 0 Å². The van der Waals surface area contributed by atoms with E-state index >= 15 is 0 Å². The summed E-state index contributed by atoms with van der Waals surface area (Å²) in [7, 11) is 6.21. The van der Waals surface area contributed by atoms with E-state index in [9.17, 15) is 0 Å². The highest BCUT2D eigenvalue weighted by Gasteiger charge is 2.08. The van der Waals surface area contributed by atoms with Crippen molar-refractivity contribution >= 4 is 11.6 Å². The van der Waals surface area contributed by atoms with Gasteiger partial charge in [0.2, 0.25) is 0 Å². The zero-order valence-corrected chi connectivity index (χ0v) is 10.8. The zero-order chi connectivity index (χ0) is 11.6. The Morgan fingerprint density at radius 1 is 1.21 bits per heavy atom. The standard InChI is InChI=1S/C6H15ClNO.C4H10O/c1-8(2,3)5-4-6(7)9;1-3-5-4-2/h6,9H,4-5H2,1-3H3;3-4H2,1-2H3/q+1;. The number of aliphatic hydroxyl groups excluding tert-OH is 1. The Hall–Kier alpha value is 0.170. The Morgan fingerprint density at radius 2 is 1.64 bits per heavy atom. The third-order valence-electron chi connectivity index (χ3n) is 1.45. The lowest BCUT2D eigenvalue weighted by Crippen LogP contribution is -2.36. The van der Waals surface area contributed by atoms with Gasteiger partial charge in [0.25, 0.3) is 0 Å². The summed E-state index contributed by atoms with van der Waals surface area (Å²) in [5.74, 6) is 0. The largest absolute Gasteiger partial charge is 0.382 e. The highest BCUT2D eigenvalue weighted by atomic mass is 35.5. The minimum atomic E-state index is -0.678. The molecule has 88 valence electrons. The number of aliphatic hydroxyl groups is 1. The van der Waals surface area contributed by atoms with Gasteiger partial charge in [-0.3, -0.25) is 0 Å². The normalized spacial score (nSPS) is 13.1. The SMILES string of the molecule is CCOCC.C[N+](C)(C)CCC(O)Cl. The molecular weight excluding hydrogens is 202 g/mol. The van der Waals surface area contributed by atoms with Crippen LogP contribution in [0.2, 0.25) is 0 Å². The Labute approximate surface area is 93.2 Å². The van der Waals surface area contributed by atoms with Crippen LogP contribution in [-0.4, -0.2) is 56.1 Å². The summed E-state index contributed by atoms with van der Waals surface area (Å²) in [4.78, 5) is 0. The van der Waals surface area contributed by atoms with Crippen molar-refractivity contribution in [2.75, 3.05) is 40.9 Å². The molecular formula is C10H25ClNO2+. The molecule has 14 heavy (non-hydrogen) atoms. The van der Waals surface area contributed by atoms with Crippen LogP contribution >= 0.6 is 11.6 Å². The van der Waals surface area contributed by atoms with Crippen LogP contribution < -0.4 is 0 Å². The summed E-state index contributed by atoms with van der Waals surface area (Å²) in [6.07, 6.45) is 0.658. The van der Waals surface area contributed by atoms with Gasteiger partial charge >= 0.3 is 0 Å². The van der Waals surface area contributed by atoms with E-state index in [0.29, 0.717) is 6.42 Å². The second-order valence-electron chi connectivity index (χ2n) is 4.02. The number of hydrogen-bond acceptors (Lipinski definition) is 2. The molecule has 0 bridgehead atoms. The van der Waals surface area contributed by atoms with Crippen molar-refractivity contribution in [2.45, 2.75) is 25.8 Å². The van der Waals surface area contributed by atoms with E-state index in [1.165, 1.54) is 0 Å². The van der Waals surface area contributed by atoms with E-state index in [0.717, 1.165) is 24.2 Å². The van der Waals surface area contributed by atoms with Crippen LogP contribution in [0.15, 0.2) is 0 Å². The Kier molecular flexibility index (Phi) is 11.5. The summed E-state index contributed by atoms with van der Waals surface area (Å²) in [5.41, 5.74) is -0.678. The number of quaternary nitrogens is 1. The number of hydrogen-bond donors (Lipinski definition) is 1. The molecule has 0 spiro atoms. The molecule has 0 aromatic heterocycles. The molecule has 3 nitrogen and oxygen atoms in total. The molecule has 0 aliphatic carbocycles. The first kappa shape index (κ1) is 16.6. The van der Waals surface area contributed by atoms with Gasteiger partial charge in [-0.25, -0.2) is 0 Å². The highest BCUT2D eigenvalue weighted by Crippen LogP contribution is 2.00. The second kappa shape index (κ2) is 9.71. The van der Waals surface area contributed by atoms with Gasteiger partial charge in [0.1, 0.15) is 5.56 Å². The fourth-order valence-electron chi connectivity index (χ4n) is 0.698. The van der Waals surface area contributed by atoms with Crippen LogP contribution in [-0.2, 0) is 4.74 Å². The maximum atomic E-state index is 8.67. The van der Waals surface area contributed by atoms with Gasteiger partial charge < -0.3 is 14.3 Å². The quantitative estimate of drug-likeness (QED) is 0.571. The Bertz CT molecular complexity index is 111. The van der Waals surface area contributed by atoms with E-state index < -0.39 is 5.56 Å². The van der Waals surface area contributed by atoms with Gasteiger partial charge in [-0.1, -0.05) is 11.6 Å². The van der Waals surface area contributed by atoms with E-state index in [4.69, 9.17) is 21.4 Å². The maximum absolute atomic E-state index is 8.67. The predicted molar refractivity (Wildman–Crippen MR) is 61.5 cm³/mol. The molecule has 1 N–H and O–H groups in total. The third-order valence-corrected chi connectivity index (χ3v) is 1.66. The number of rotatable bonds is 5. The van der Waals surface area contributed by atoms with Crippen LogP contribution in [0, 0.1) is 0 Å². The molecule has 0 saturated carbocycles. The van der Waals surface area contributed by atoms with Crippen molar-refractivity contribution < 1.29 is 14.3 Å². The highest BCUT2D eigenvalue weighted by molar-refractivity contribution is 6.19. The maximum Gasteiger partial charge on any atom is 0.133 e. The summed E-state index contributed by atoms with van der Waals surface area (Å²) < 4.78 is 5.68. The van der Waals surface area contributed by atoms with Gasteiger partial charge in [-0.05, 0) is 13.8 Å². The number of ether oxygens (including phenoxy) is 1. The molecule has 4 heteroatoms. The molecule has 0 rings (SSSR count). The van der Waals surface area contributed by atoms with Crippen molar-refractivity contribution in [2.24, 2.45) is 0 Å². The van der Waals surface area contributed by atoms with Crippen molar-refractivity contribution in [1.29, 1.82) is 0 Å². The lowest BCUT2D eigenvalue weighted by molar-refractivity contribution is -0.870. The smallest absolute Gasteiger partial charge is 0.133 e. The zero-order valence-electron chi connectivity index (χ0n) is 10.1. The predicted octanol–water partition coefficient (Wildman–Crippen LogP) is 1.68. The average Bonchev–Trinajstić information content (AvgIpc) is 2.02. The molecule has 0 aliphatic heterocycles. The van der Waals surface area contributed by atoms with Crippen molar-refractivity contribution in [3.8, 4) is 0 Å². The van der Waals surface area contributed by atoms with Gasteiger partial charge in [0, 0.05) is 19.6 Å². The third kappa shape index (κ3) is 22.7. The van der Waals surface area contributed by atoms with Crippen LogP contribution in [0.4, 0.5) is 0 Å². The first-order valence-corrected chi connectivity index (χ1v) is 5.47. The fourth-order valence-corrected chi connectivity index (χ4v) is 0.796. The van der Waals surface area contributed by atoms with E-state index in [-0.39, 0.29) is 0 Å². The Balaban J connectivity index is 0. The summed E-state index contributed by atoms with van der Waals surface area (Å²) in [6.45, 7) is 6.57. The summed E-state index contributed by atoms with van der Waals surface area (Å²) >= 11 is 5.33. The van der Waals surface area contributed by atoms with Crippen LogP contribution in [0.1, 0.15) is 20.3 Å². The first-order valence-electron chi connectivity index (χ1n) is 5.03. The molecule has 1 atom stereocenters. The number of alkyl halides is 1. The van der Waals surface area contributed by atoms with Crippen molar-refractivity contribution in [3.63, 3.8) is 0 Å². The molecule has 0 saturated heterocycles. The molecule has 0 aromatic carbocycles. The van der Waals surface area contributed by atoms with Crippen molar-refractivity contribution in [1.82, 2.24) is 0 Å². The van der Waals surface area contributed by atoms with Crippen LogP contribution in [0.25, 0.3) is 0 Å². The summed E-state index contributed by atoms with van der Waals surface area (Å²) in [6, 6.07) is 0. The molecule has 0 aromatic rings. The molecule has 0 heterocycles. The lowest BCUT2D eigenvalue weighted by Gasteiger charge is -2.23.